The zero-order chi connectivity index (χ0) is 17.3. The summed E-state index contributed by atoms with van der Waals surface area (Å²) in [6.45, 7) is 4.51. The van der Waals surface area contributed by atoms with Gasteiger partial charge in [-0.15, -0.1) is 0 Å². The molecule has 1 amide bonds. The molecule has 2 atom stereocenters. The molecule has 136 valence electrons. The van der Waals surface area contributed by atoms with E-state index in [4.69, 9.17) is 0 Å². The molecule has 0 radical (unpaired) electrons. The molecule has 1 aromatic rings. The number of hydrogen-bond donors (Lipinski definition) is 2. The van der Waals surface area contributed by atoms with Crippen LogP contribution < -0.4 is 5.32 Å². The predicted molar refractivity (Wildman–Crippen MR) is 96.0 cm³/mol. The summed E-state index contributed by atoms with van der Waals surface area (Å²) in [5.41, 5.74) is 1.37. The van der Waals surface area contributed by atoms with E-state index in [9.17, 15) is 10.0 Å². The molecule has 4 aliphatic heterocycles. The largest absolute Gasteiger partial charge is 0.347 e. The van der Waals surface area contributed by atoms with Crippen LogP contribution >= 0.6 is 0 Å². The van der Waals surface area contributed by atoms with E-state index in [1.807, 2.05) is 0 Å². The highest BCUT2D eigenvalue weighted by Gasteiger charge is 2.51. The Labute approximate surface area is 150 Å². The Kier molecular flexibility index (Phi) is 4.80. The zero-order valence-electron chi connectivity index (χ0n) is 14.9. The van der Waals surface area contributed by atoms with Crippen molar-refractivity contribution in [1.82, 2.24) is 10.2 Å². The van der Waals surface area contributed by atoms with Crippen LogP contribution in [0.3, 0.4) is 0 Å². The molecule has 0 aromatic heterocycles. The fraction of sp³-hybridized carbons (Fsp3) is 0.650. The number of fused-ring (bicyclic) bond motifs is 3. The Morgan fingerprint density at radius 2 is 1.96 bits per heavy atom. The minimum absolute atomic E-state index is 0.0211. The summed E-state index contributed by atoms with van der Waals surface area (Å²) in [5, 5.41) is 14.0. The van der Waals surface area contributed by atoms with Gasteiger partial charge in [0.1, 0.15) is 13.1 Å². The monoisotopic (exact) mass is 344 g/mol. The second-order valence-corrected chi connectivity index (χ2v) is 8.16. The van der Waals surface area contributed by atoms with E-state index in [0.717, 1.165) is 64.8 Å². The molecule has 0 spiro atoms. The Morgan fingerprint density at radius 3 is 2.68 bits per heavy atom. The van der Waals surface area contributed by atoms with E-state index in [-0.39, 0.29) is 22.6 Å². The average molecular weight is 344 g/mol. The molecule has 4 saturated heterocycles. The summed E-state index contributed by atoms with van der Waals surface area (Å²) >= 11 is 0. The van der Waals surface area contributed by atoms with Crippen molar-refractivity contribution in [3.8, 4) is 0 Å². The van der Waals surface area contributed by atoms with Crippen molar-refractivity contribution in [2.75, 3.05) is 32.7 Å². The van der Waals surface area contributed by atoms with Gasteiger partial charge in [0.05, 0.1) is 0 Å². The highest BCUT2D eigenvalue weighted by Crippen LogP contribution is 2.36. The van der Waals surface area contributed by atoms with Crippen LogP contribution in [0.4, 0.5) is 0 Å². The van der Waals surface area contributed by atoms with Crippen molar-refractivity contribution in [2.24, 2.45) is 5.92 Å². The highest BCUT2D eigenvalue weighted by atomic mass is 16.5. The standard InChI is InChI=1S/C20H29N3O2/c24-20(19-14-17-8-12-23(19,25)13-9-17)21-18-7-11-22(15-18)10-6-16-4-2-1-3-5-16/h1-5,17-19,25H,6-15H2/p+1/t17?,18-,19?,23?/m0/s1. The number of rotatable bonds is 5. The molecule has 4 aliphatic rings. The topological polar surface area (TPSA) is 52.6 Å². The van der Waals surface area contributed by atoms with Gasteiger partial charge in [-0.1, -0.05) is 30.3 Å². The van der Waals surface area contributed by atoms with E-state index in [1.165, 1.54) is 5.56 Å². The number of nitrogens with zero attached hydrogens (tertiary/aromatic N) is 2. The number of carbonyl (C=O) groups is 1. The fourth-order valence-corrected chi connectivity index (χ4v) is 4.84. The van der Waals surface area contributed by atoms with Crippen LogP contribution in [0.2, 0.25) is 0 Å². The van der Waals surface area contributed by atoms with Crippen molar-refractivity contribution in [3.05, 3.63) is 35.9 Å². The first-order valence-electron chi connectivity index (χ1n) is 9.78. The molecule has 4 heterocycles. The molecule has 25 heavy (non-hydrogen) atoms. The van der Waals surface area contributed by atoms with Crippen molar-refractivity contribution in [1.29, 1.82) is 0 Å². The SMILES string of the molecule is O=C(N[C@H]1CCN(CCc2ccccc2)C1)C1CC2CC[N+]1(O)CC2. The van der Waals surface area contributed by atoms with Gasteiger partial charge >= 0.3 is 0 Å². The summed E-state index contributed by atoms with van der Waals surface area (Å²) in [6.07, 6.45) is 5.06. The number of piperidine rings is 3. The third-order valence-corrected chi connectivity index (χ3v) is 6.47. The van der Waals surface area contributed by atoms with E-state index in [2.05, 4.69) is 40.5 Å². The molecule has 0 aliphatic carbocycles. The van der Waals surface area contributed by atoms with Crippen LogP contribution in [0, 0.1) is 5.92 Å². The Hall–Kier alpha value is -1.43. The molecule has 4 fully saturated rings. The summed E-state index contributed by atoms with van der Waals surface area (Å²) in [6, 6.07) is 10.6. The summed E-state index contributed by atoms with van der Waals surface area (Å²) in [5.74, 6) is 0.704. The number of benzene rings is 1. The molecule has 2 N–H and O–H groups in total. The lowest BCUT2D eigenvalue weighted by Crippen LogP contribution is -2.67. The maximum atomic E-state index is 12.7. The summed E-state index contributed by atoms with van der Waals surface area (Å²) in [4.78, 5) is 15.2. The van der Waals surface area contributed by atoms with Crippen molar-refractivity contribution in [2.45, 2.75) is 44.2 Å². The summed E-state index contributed by atoms with van der Waals surface area (Å²) < 4.78 is -0.0211. The Bertz CT molecular complexity index is 598. The molecule has 5 nitrogen and oxygen atoms in total. The summed E-state index contributed by atoms with van der Waals surface area (Å²) in [7, 11) is 0. The van der Waals surface area contributed by atoms with Crippen LogP contribution in [-0.4, -0.2) is 65.5 Å². The van der Waals surface area contributed by atoms with Crippen LogP contribution in [0.5, 0.6) is 0 Å². The quantitative estimate of drug-likeness (QED) is 0.801. The van der Waals surface area contributed by atoms with Gasteiger partial charge in [-0.05, 0) is 24.3 Å². The Morgan fingerprint density at radius 1 is 1.20 bits per heavy atom. The molecule has 2 bridgehead atoms. The van der Waals surface area contributed by atoms with E-state index >= 15 is 0 Å². The van der Waals surface area contributed by atoms with Gasteiger partial charge in [0, 0.05) is 44.9 Å². The molecule has 1 aromatic carbocycles. The lowest BCUT2D eigenvalue weighted by atomic mass is 9.82. The number of hydrogen-bond acceptors (Lipinski definition) is 3. The Balaban J connectivity index is 1.26. The van der Waals surface area contributed by atoms with Gasteiger partial charge in [-0.2, -0.15) is 4.65 Å². The van der Waals surface area contributed by atoms with Gasteiger partial charge in [-0.3, -0.25) is 4.79 Å². The zero-order valence-corrected chi connectivity index (χ0v) is 14.9. The lowest BCUT2D eigenvalue weighted by Gasteiger charge is -2.47. The van der Waals surface area contributed by atoms with Crippen molar-refractivity contribution < 1.29 is 14.6 Å². The smallest absolute Gasteiger partial charge is 0.281 e. The minimum atomic E-state index is -0.245. The molecule has 0 saturated carbocycles. The molecule has 5 heteroatoms. The maximum Gasteiger partial charge on any atom is 0.281 e. The number of nitrogens with one attached hydrogen (secondary N) is 1. The van der Waals surface area contributed by atoms with Gasteiger partial charge in [0.25, 0.3) is 5.91 Å². The minimum Gasteiger partial charge on any atom is -0.347 e. The molecular formula is C20H30N3O2+. The third-order valence-electron chi connectivity index (χ3n) is 6.47. The van der Waals surface area contributed by atoms with E-state index in [0.29, 0.717) is 5.92 Å². The van der Waals surface area contributed by atoms with Gasteiger partial charge in [0.15, 0.2) is 6.04 Å². The van der Waals surface area contributed by atoms with E-state index in [1.54, 1.807) is 0 Å². The molecule has 5 rings (SSSR count). The second-order valence-electron chi connectivity index (χ2n) is 8.16. The third kappa shape index (κ3) is 3.73. The number of carbonyl (C=O) groups excluding carboxylic acids is 1. The fourth-order valence-electron chi connectivity index (χ4n) is 4.84. The molecular weight excluding hydrogens is 314 g/mol. The maximum absolute atomic E-state index is 12.7. The van der Waals surface area contributed by atoms with Crippen LogP contribution in [0.1, 0.15) is 31.2 Å². The number of quaternary nitrogens is 1. The van der Waals surface area contributed by atoms with Gasteiger partial charge in [0.2, 0.25) is 0 Å². The first-order valence-corrected chi connectivity index (χ1v) is 9.78. The first kappa shape index (κ1) is 17.0. The van der Waals surface area contributed by atoms with Crippen LogP contribution in [0.25, 0.3) is 0 Å². The number of amides is 1. The first-order chi connectivity index (χ1) is 12.1. The normalized spacial score (nSPS) is 35.0. The van der Waals surface area contributed by atoms with Crippen molar-refractivity contribution >= 4 is 5.91 Å². The highest BCUT2D eigenvalue weighted by molar-refractivity contribution is 5.81. The van der Waals surface area contributed by atoms with Crippen LogP contribution in [0.15, 0.2) is 30.3 Å². The van der Waals surface area contributed by atoms with Gasteiger partial charge in [-0.25, -0.2) is 5.21 Å². The van der Waals surface area contributed by atoms with Gasteiger partial charge < -0.3 is 10.2 Å². The van der Waals surface area contributed by atoms with Crippen LogP contribution in [-0.2, 0) is 11.2 Å². The van der Waals surface area contributed by atoms with Crippen molar-refractivity contribution in [3.63, 3.8) is 0 Å². The average Bonchev–Trinajstić information content (AvgIpc) is 3.08. The van der Waals surface area contributed by atoms with E-state index < -0.39 is 0 Å². The molecule has 1 unspecified atom stereocenters. The number of likely N-dealkylation sites (tertiary alicyclic amines) is 1. The number of hydroxylamine groups is 3. The lowest BCUT2D eigenvalue weighted by molar-refractivity contribution is -1.12. The predicted octanol–water partition coefficient (Wildman–Crippen LogP) is 1.81. The second kappa shape index (κ2) is 7.06.